The number of hydrogen-bond acceptors (Lipinski definition) is 4. The van der Waals surface area contributed by atoms with E-state index in [1.165, 1.54) is 24.2 Å². The second kappa shape index (κ2) is 7.79. The van der Waals surface area contributed by atoms with E-state index in [1.54, 1.807) is 6.92 Å². The number of benzene rings is 1. The van der Waals surface area contributed by atoms with E-state index in [9.17, 15) is 9.59 Å². The van der Waals surface area contributed by atoms with Crippen LogP contribution in [0.25, 0.3) is 10.1 Å². The second-order valence-corrected chi connectivity index (χ2v) is 7.48. The Morgan fingerprint density at radius 2 is 1.88 bits per heavy atom. The fourth-order valence-corrected chi connectivity index (χ4v) is 4.04. The highest BCUT2D eigenvalue weighted by Crippen LogP contribution is 2.26. The number of hydrogen-bond donors (Lipinski definition) is 1. The molecule has 1 N–H and O–H groups in total. The van der Waals surface area contributed by atoms with Crippen LogP contribution in [-0.4, -0.2) is 24.0 Å². The molecule has 0 aliphatic heterocycles. The van der Waals surface area contributed by atoms with Crippen LogP contribution in [-0.2, 0) is 9.53 Å². The van der Waals surface area contributed by atoms with Gasteiger partial charge in [-0.1, -0.05) is 43.9 Å². The van der Waals surface area contributed by atoms with Gasteiger partial charge in [-0.3, -0.25) is 4.79 Å². The molecular formula is C19H23NO3S. The number of thiophene rings is 1. The molecular weight excluding hydrogens is 322 g/mol. The third kappa shape index (κ3) is 4.15. The Morgan fingerprint density at radius 1 is 1.17 bits per heavy atom. The molecule has 0 radical (unpaired) electrons. The number of esters is 1. The van der Waals surface area contributed by atoms with Gasteiger partial charge in [-0.2, -0.15) is 0 Å². The van der Waals surface area contributed by atoms with Gasteiger partial charge in [0.1, 0.15) is 4.88 Å². The van der Waals surface area contributed by atoms with Crippen molar-refractivity contribution in [2.75, 3.05) is 0 Å². The minimum Gasteiger partial charge on any atom is -0.448 e. The van der Waals surface area contributed by atoms with Crippen molar-refractivity contribution >= 4 is 33.3 Å². The molecule has 4 nitrogen and oxygen atoms in total. The van der Waals surface area contributed by atoms with Gasteiger partial charge in [0.2, 0.25) is 0 Å². The minimum absolute atomic E-state index is 0.198. The van der Waals surface area contributed by atoms with Gasteiger partial charge in [0.05, 0.1) is 0 Å². The topological polar surface area (TPSA) is 55.4 Å². The van der Waals surface area contributed by atoms with Crippen molar-refractivity contribution in [2.45, 2.75) is 57.6 Å². The number of amides is 1. The fraction of sp³-hybridized carbons (Fsp3) is 0.474. The average Bonchev–Trinajstić information content (AvgIpc) is 2.85. The highest BCUT2D eigenvalue weighted by Gasteiger charge is 2.23. The summed E-state index contributed by atoms with van der Waals surface area (Å²) in [5, 5.41) is 4.05. The van der Waals surface area contributed by atoms with Crippen molar-refractivity contribution in [3.63, 3.8) is 0 Å². The summed E-state index contributed by atoms with van der Waals surface area (Å²) in [6, 6.07) is 9.84. The van der Waals surface area contributed by atoms with Crippen LogP contribution < -0.4 is 5.32 Å². The van der Waals surface area contributed by atoms with E-state index >= 15 is 0 Å². The van der Waals surface area contributed by atoms with E-state index in [0.29, 0.717) is 4.88 Å². The van der Waals surface area contributed by atoms with Gasteiger partial charge < -0.3 is 10.1 Å². The van der Waals surface area contributed by atoms with Crippen molar-refractivity contribution in [2.24, 2.45) is 0 Å². The summed E-state index contributed by atoms with van der Waals surface area (Å²) in [6.45, 7) is 1.64. The molecule has 1 aliphatic rings. The average molecular weight is 345 g/mol. The first-order chi connectivity index (χ1) is 11.6. The lowest BCUT2D eigenvalue weighted by Gasteiger charge is -2.19. The maximum Gasteiger partial charge on any atom is 0.349 e. The molecule has 1 heterocycles. The van der Waals surface area contributed by atoms with Crippen molar-refractivity contribution in [3.8, 4) is 0 Å². The minimum atomic E-state index is -0.772. The third-order valence-corrected chi connectivity index (χ3v) is 5.58. The van der Waals surface area contributed by atoms with Gasteiger partial charge in [0, 0.05) is 10.7 Å². The molecule has 24 heavy (non-hydrogen) atoms. The molecule has 1 fully saturated rings. The zero-order valence-corrected chi connectivity index (χ0v) is 14.7. The molecule has 1 aromatic heterocycles. The van der Waals surface area contributed by atoms with Crippen molar-refractivity contribution in [3.05, 3.63) is 35.2 Å². The first kappa shape index (κ1) is 17.0. The molecule has 128 valence electrons. The summed E-state index contributed by atoms with van der Waals surface area (Å²) in [5.41, 5.74) is 0. The molecule has 1 aromatic carbocycles. The predicted molar refractivity (Wildman–Crippen MR) is 96.3 cm³/mol. The molecule has 3 rings (SSSR count). The Morgan fingerprint density at radius 3 is 2.58 bits per heavy atom. The summed E-state index contributed by atoms with van der Waals surface area (Å²) in [4.78, 5) is 25.1. The van der Waals surface area contributed by atoms with Crippen LogP contribution in [0.15, 0.2) is 30.3 Å². The Bertz CT molecular complexity index is 683. The number of fused-ring (bicyclic) bond motifs is 1. The zero-order chi connectivity index (χ0) is 16.9. The predicted octanol–water partition coefficient (Wildman–Crippen LogP) is 4.29. The van der Waals surface area contributed by atoms with E-state index in [-0.39, 0.29) is 11.9 Å². The summed E-state index contributed by atoms with van der Waals surface area (Å²) >= 11 is 1.39. The van der Waals surface area contributed by atoms with Crippen molar-refractivity contribution < 1.29 is 14.3 Å². The molecule has 0 bridgehead atoms. The van der Waals surface area contributed by atoms with Gasteiger partial charge in [-0.25, -0.2) is 4.79 Å². The highest BCUT2D eigenvalue weighted by molar-refractivity contribution is 7.20. The summed E-state index contributed by atoms with van der Waals surface area (Å²) in [7, 11) is 0. The molecule has 5 heteroatoms. The summed E-state index contributed by atoms with van der Waals surface area (Å²) < 4.78 is 6.40. The van der Waals surface area contributed by atoms with E-state index in [1.807, 2.05) is 30.3 Å². The largest absolute Gasteiger partial charge is 0.448 e. The number of carbonyl (C=O) groups excluding carboxylic acids is 2. The standard InChI is InChI=1S/C19H23NO3S/c1-13(18(21)20-15-9-4-2-3-5-10-15)23-19(22)17-12-14-8-6-7-11-16(14)24-17/h6-8,11-13,15H,2-5,9-10H2,1H3,(H,20,21)/t13-/m1/s1. The van der Waals surface area contributed by atoms with Crippen LogP contribution in [0.4, 0.5) is 0 Å². The lowest BCUT2D eigenvalue weighted by atomic mass is 10.1. The van der Waals surface area contributed by atoms with E-state index in [4.69, 9.17) is 4.74 Å². The maximum absolute atomic E-state index is 12.3. The normalized spacial score (nSPS) is 17.2. The van der Waals surface area contributed by atoms with Crippen LogP contribution in [0, 0.1) is 0 Å². The number of nitrogens with one attached hydrogen (secondary N) is 1. The number of carbonyl (C=O) groups is 2. The highest BCUT2D eigenvalue weighted by atomic mass is 32.1. The van der Waals surface area contributed by atoms with Gasteiger partial charge in [0.15, 0.2) is 6.10 Å². The molecule has 1 aliphatic carbocycles. The van der Waals surface area contributed by atoms with Crippen LogP contribution >= 0.6 is 11.3 Å². The van der Waals surface area contributed by atoms with Gasteiger partial charge in [-0.15, -0.1) is 11.3 Å². The first-order valence-corrected chi connectivity index (χ1v) is 9.45. The smallest absolute Gasteiger partial charge is 0.349 e. The molecule has 0 spiro atoms. The zero-order valence-electron chi connectivity index (χ0n) is 13.9. The molecule has 2 aromatic rings. The van der Waals surface area contributed by atoms with E-state index < -0.39 is 12.1 Å². The Labute approximate surface area is 146 Å². The SMILES string of the molecule is C[C@@H](OC(=O)c1cc2ccccc2s1)C(=O)NC1CCCCCC1. The Hall–Kier alpha value is -1.88. The Balaban J connectivity index is 1.57. The van der Waals surface area contributed by atoms with E-state index in [2.05, 4.69) is 5.32 Å². The second-order valence-electron chi connectivity index (χ2n) is 6.39. The third-order valence-electron chi connectivity index (χ3n) is 4.48. The summed E-state index contributed by atoms with van der Waals surface area (Å²) in [6.07, 6.45) is 6.05. The first-order valence-electron chi connectivity index (χ1n) is 8.63. The molecule has 1 saturated carbocycles. The monoisotopic (exact) mass is 345 g/mol. The molecule has 1 amide bonds. The van der Waals surface area contributed by atoms with Gasteiger partial charge in [0.25, 0.3) is 5.91 Å². The summed E-state index contributed by atoms with van der Waals surface area (Å²) in [5.74, 6) is -0.629. The number of rotatable bonds is 4. The van der Waals surface area contributed by atoms with Gasteiger partial charge in [-0.05, 0) is 37.3 Å². The van der Waals surface area contributed by atoms with Gasteiger partial charge >= 0.3 is 5.97 Å². The van der Waals surface area contributed by atoms with Crippen LogP contribution in [0.5, 0.6) is 0 Å². The molecule has 1 atom stereocenters. The number of ether oxygens (including phenoxy) is 1. The van der Waals surface area contributed by atoms with Crippen LogP contribution in [0.3, 0.4) is 0 Å². The van der Waals surface area contributed by atoms with Crippen molar-refractivity contribution in [1.29, 1.82) is 0 Å². The Kier molecular flexibility index (Phi) is 5.51. The quantitative estimate of drug-likeness (QED) is 0.664. The van der Waals surface area contributed by atoms with Crippen LogP contribution in [0.1, 0.15) is 55.1 Å². The maximum atomic E-state index is 12.3. The van der Waals surface area contributed by atoms with E-state index in [0.717, 1.165) is 35.8 Å². The van der Waals surface area contributed by atoms with Crippen LogP contribution in [0.2, 0.25) is 0 Å². The molecule has 0 unspecified atom stereocenters. The fourth-order valence-electron chi connectivity index (χ4n) is 3.10. The molecule has 0 saturated heterocycles. The van der Waals surface area contributed by atoms with Crippen molar-refractivity contribution in [1.82, 2.24) is 5.32 Å². The lowest BCUT2D eigenvalue weighted by molar-refractivity contribution is -0.129. The lowest BCUT2D eigenvalue weighted by Crippen LogP contribution is -2.41.